The van der Waals surface area contributed by atoms with Crippen LogP contribution >= 0.6 is 0 Å². The standard InChI is InChI=1S/C21H21F2N3O2S/c1-3-26(17-7-5-4-6-8-17)29(27,28)18-10-12-21(24-14-18)25-15(2)16-9-11-19(22)20(23)13-16/h4-15H,3H2,1-2H3,(H,24,25)/t15-/m0/s1. The number of hydrogen-bond donors (Lipinski definition) is 1. The molecule has 0 aliphatic heterocycles. The lowest BCUT2D eigenvalue weighted by molar-refractivity contribution is 0.506. The molecule has 29 heavy (non-hydrogen) atoms. The molecule has 0 amide bonds. The van der Waals surface area contributed by atoms with E-state index in [1.54, 1.807) is 44.2 Å². The van der Waals surface area contributed by atoms with Gasteiger partial charge in [-0.1, -0.05) is 24.3 Å². The van der Waals surface area contributed by atoms with Gasteiger partial charge in [0, 0.05) is 12.7 Å². The van der Waals surface area contributed by atoms with Crippen LogP contribution in [-0.2, 0) is 10.0 Å². The lowest BCUT2D eigenvalue weighted by Gasteiger charge is -2.23. The van der Waals surface area contributed by atoms with Gasteiger partial charge in [-0.3, -0.25) is 4.31 Å². The lowest BCUT2D eigenvalue weighted by Crippen LogP contribution is -2.30. The van der Waals surface area contributed by atoms with Crippen LogP contribution in [0.3, 0.4) is 0 Å². The Labute approximate surface area is 169 Å². The maximum absolute atomic E-state index is 13.4. The third-order valence-electron chi connectivity index (χ3n) is 4.46. The van der Waals surface area contributed by atoms with E-state index < -0.39 is 21.7 Å². The van der Waals surface area contributed by atoms with Gasteiger partial charge in [0.15, 0.2) is 11.6 Å². The van der Waals surface area contributed by atoms with Crippen LogP contribution in [0.1, 0.15) is 25.5 Å². The molecule has 0 spiro atoms. The minimum Gasteiger partial charge on any atom is -0.364 e. The number of hydrogen-bond acceptors (Lipinski definition) is 4. The lowest BCUT2D eigenvalue weighted by atomic mass is 10.1. The molecule has 1 aromatic heterocycles. The SMILES string of the molecule is CCN(c1ccccc1)S(=O)(=O)c1ccc(N[C@@H](C)c2ccc(F)c(F)c2)nc1. The van der Waals surface area contributed by atoms with Crippen LogP contribution in [0.4, 0.5) is 20.3 Å². The van der Waals surface area contributed by atoms with E-state index in [0.717, 1.165) is 12.1 Å². The third-order valence-corrected chi connectivity index (χ3v) is 6.35. The number of sulfonamides is 1. The number of para-hydroxylation sites is 1. The van der Waals surface area contributed by atoms with Crippen molar-refractivity contribution in [2.75, 3.05) is 16.2 Å². The maximum atomic E-state index is 13.4. The second kappa shape index (κ2) is 8.57. The monoisotopic (exact) mass is 417 g/mol. The van der Waals surface area contributed by atoms with Gasteiger partial charge in [0.05, 0.1) is 11.7 Å². The Morgan fingerprint density at radius 3 is 2.34 bits per heavy atom. The summed E-state index contributed by atoms with van der Waals surface area (Å²) in [5, 5.41) is 3.05. The van der Waals surface area contributed by atoms with E-state index in [1.165, 1.54) is 22.6 Å². The molecule has 8 heteroatoms. The van der Waals surface area contributed by atoms with Crippen LogP contribution in [0, 0.1) is 11.6 Å². The molecule has 2 aromatic carbocycles. The first-order valence-electron chi connectivity index (χ1n) is 9.08. The molecule has 0 saturated heterocycles. The van der Waals surface area contributed by atoms with Gasteiger partial charge in [-0.05, 0) is 55.8 Å². The van der Waals surface area contributed by atoms with Gasteiger partial charge in [0.2, 0.25) is 0 Å². The molecule has 0 radical (unpaired) electrons. The van der Waals surface area contributed by atoms with E-state index in [2.05, 4.69) is 10.3 Å². The van der Waals surface area contributed by atoms with Crippen LogP contribution < -0.4 is 9.62 Å². The van der Waals surface area contributed by atoms with Crippen molar-refractivity contribution in [1.82, 2.24) is 4.98 Å². The topological polar surface area (TPSA) is 62.3 Å². The number of nitrogens with one attached hydrogen (secondary N) is 1. The molecule has 3 aromatic rings. The van der Waals surface area contributed by atoms with Crippen molar-refractivity contribution in [2.24, 2.45) is 0 Å². The molecule has 0 aliphatic carbocycles. The molecule has 5 nitrogen and oxygen atoms in total. The molecule has 3 rings (SSSR count). The fraction of sp³-hybridized carbons (Fsp3) is 0.190. The summed E-state index contributed by atoms with van der Waals surface area (Å²) in [5.41, 5.74) is 1.12. The summed E-state index contributed by atoms with van der Waals surface area (Å²) >= 11 is 0. The summed E-state index contributed by atoms with van der Waals surface area (Å²) in [6.07, 6.45) is 1.28. The minimum atomic E-state index is -3.76. The van der Waals surface area contributed by atoms with E-state index >= 15 is 0 Å². The zero-order valence-corrected chi connectivity index (χ0v) is 16.8. The largest absolute Gasteiger partial charge is 0.364 e. The van der Waals surface area contributed by atoms with E-state index in [0.29, 0.717) is 17.1 Å². The summed E-state index contributed by atoms with van der Waals surface area (Å²) in [6.45, 7) is 3.81. The molecule has 0 aliphatic rings. The van der Waals surface area contributed by atoms with E-state index in [-0.39, 0.29) is 17.5 Å². The molecular weight excluding hydrogens is 396 g/mol. The summed E-state index contributed by atoms with van der Waals surface area (Å²) in [7, 11) is -3.76. The molecule has 1 atom stereocenters. The Balaban J connectivity index is 1.79. The summed E-state index contributed by atoms with van der Waals surface area (Å²) < 4.78 is 53.8. The first kappa shape index (κ1) is 20.7. The second-order valence-electron chi connectivity index (χ2n) is 6.42. The maximum Gasteiger partial charge on any atom is 0.265 e. The average molecular weight is 417 g/mol. The zero-order valence-electron chi connectivity index (χ0n) is 16.0. The molecular formula is C21H21F2N3O2S. The Kier molecular flexibility index (Phi) is 6.12. The van der Waals surface area contributed by atoms with Crippen molar-refractivity contribution >= 4 is 21.5 Å². The Hall–Kier alpha value is -3.00. The van der Waals surface area contributed by atoms with Gasteiger partial charge in [0.1, 0.15) is 10.7 Å². The number of anilines is 2. The number of aromatic nitrogens is 1. The number of rotatable bonds is 7. The second-order valence-corrected chi connectivity index (χ2v) is 8.29. The summed E-state index contributed by atoms with van der Waals surface area (Å²) in [4.78, 5) is 4.24. The van der Waals surface area contributed by atoms with Gasteiger partial charge in [-0.2, -0.15) is 0 Å². The molecule has 0 saturated carbocycles. The highest BCUT2D eigenvalue weighted by atomic mass is 32.2. The first-order valence-corrected chi connectivity index (χ1v) is 10.5. The molecule has 1 N–H and O–H groups in total. The molecule has 0 unspecified atom stereocenters. The van der Waals surface area contributed by atoms with Crippen molar-refractivity contribution in [2.45, 2.75) is 24.8 Å². The molecule has 152 valence electrons. The minimum absolute atomic E-state index is 0.0641. The van der Waals surface area contributed by atoms with Gasteiger partial charge in [-0.25, -0.2) is 22.2 Å². The van der Waals surface area contributed by atoms with Gasteiger partial charge in [0.25, 0.3) is 10.0 Å². The summed E-state index contributed by atoms with van der Waals surface area (Å²) in [6, 6.07) is 15.2. The van der Waals surface area contributed by atoms with Crippen molar-refractivity contribution < 1.29 is 17.2 Å². The van der Waals surface area contributed by atoms with E-state index in [9.17, 15) is 17.2 Å². The predicted molar refractivity (Wildman–Crippen MR) is 109 cm³/mol. The fourth-order valence-corrected chi connectivity index (χ4v) is 4.34. The third kappa shape index (κ3) is 4.54. The van der Waals surface area contributed by atoms with Gasteiger partial charge >= 0.3 is 0 Å². The van der Waals surface area contributed by atoms with Crippen LogP contribution in [-0.4, -0.2) is 19.9 Å². The quantitative estimate of drug-likeness (QED) is 0.603. The van der Waals surface area contributed by atoms with Crippen molar-refractivity contribution in [3.05, 3.63) is 84.1 Å². The van der Waals surface area contributed by atoms with Crippen molar-refractivity contribution in [3.63, 3.8) is 0 Å². The molecule has 0 bridgehead atoms. The highest BCUT2D eigenvalue weighted by Crippen LogP contribution is 2.24. The van der Waals surface area contributed by atoms with Gasteiger partial charge < -0.3 is 5.32 Å². The average Bonchev–Trinajstić information content (AvgIpc) is 2.71. The smallest absolute Gasteiger partial charge is 0.265 e. The number of halogens is 2. The van der Waals surface area contributed by atoms with Crippen LogP contribution in [0.5, 0.6) is 0 Å². The van der Waals surface area contributed by atoms with Crippen LogP contribution in [0.25, 0.3) is 0 Å². The highest BCUT2D eigenvalue weighted by molar-refractivity contribution is 7.92. The molecule has 0 fully saturated rings. The van der Waals surface area contributed by atoms with Crippen molar-refractivity contribution in [3.8, 4) is 0 Å². The normalized spacial score (nSPS) is 12.4. The number of pyridine rings is 1. The number of benzene rings is 2. The predicted octanol–water partition coefficient (Wildman–Crippen LogP) is 4.75. The van der Waals surface area contributed by atoms with Crippen molar-refractivity contribution in [1.29, 1.82) is 0 Å². The van der Waals surface area contributed by atoms with Gasteiger partial charge in [-0.15, -0.1) is 0 Å². The van der Waals surface area contributed by atoms with E-state index in [4.69, 9.17) is 0 Å². The first-order chi connectivity index (χ1) is 13.8. The zero-order chi connectivity index (χ0) is 21.0. The fourth-order valence-electron chi connectivity index (χ4n) is 2.92. The van der Waals surface area contributed by atoms with E-state index in [1.807, 2.05) is 6.07 Å². The summed E-state index contributed by atoms with van der Waals surface area (Å²) in [5.74, 6) is -1.41. The molecule has 1 heterocycles. The Bertz CT molecular complexity index is 1070. The van der Waals surface area contributed by atoms with Crippen LogP contribution in [0.15, 0.2) is 71.8 Å². The highest BCUT2D eigenvalue weighted by Gasteiger charge is 2.24. The Morgan fingerprint density at radius 2 is 1.76 bits per heavy atom. The van der Waals surface area contributed by atoms with Crippen LogP contribution in [0.2, 0.25) is 0 Å². The Morgan fingerprint density at radius 1 is 1.03 bits per heavy atom. The number of nitrogens with zero attached hydrogens (tertiary/aromatic N) is 2.